The molecule has 0 bridgehead atoms. The summed E-state index contributed by atoms with van der Waals surface area (Å²) in [7, 11) is -4.65. The van der Waals surface area contributed by atoms with Gasteiger partial charge in [0.1, 0.15) is 18.4 Å². The molecular weight excluding hydrogens is 586 g/mol. The number of carbonyl (C=O) groups excluding carboxylic acids is 2. The van der Waals surface area contributed by atoms with Crippen LogP contribution >= 0.6 is 11.6 Å². The number of sulfonamides is 1. The Morgan fingerprint density at radius 3 is 2.15 bits per heavy atom. The van der Waals surface area contributed by atoms with E-state index in [9.17, 15) is 35.6 Å². The van der Waals surface area contributed by atoms with Crippen molar-refractivity contribution < 1.29 is 35.6 Å². The summed E-state index contributed by atoms with van der Waals surface area (Å²) in [5.41, 5.74) is -1.74. The summed E-state index contributed by atoms with van der Waals surface area (Å²) in [6.45, 7) is 3.30. The molecule has 0 saturated heterocycles. The predicted molar refractivity (Wildman–Crippen MR) is 147 cm³/mol. The second-order valence-electron chi connectivity index (χ2n) is 9.44. The van der Waals surface area contributed by atoms with Crippen molar-refractivity contribution in [2.45, 2.75) is 50.5 Å². The third kappa shape index (κ3) is 7.76. The maximum atomic E-state index is 14.6. The zero-order valence-corrected chi connectivity index (χ0v) is 23.9. The van der Waals surface area contributed by atoms with E-state index in [2.05, 4.69) is 5.32 Å². The Morgan fingerprint density at radius 2 is 1.56 bits per heavy atom. The van der Waals surface area contributed by atoms with Crippen LogP contribution in [-0.4, -0.2) is 43.8 Å². The molecule has 0 fully saturated rings. The Bertz CT molecular complexity index is 1500. The summed E-state index contributed by atoms with van der Waals surface area (Å²) in [5.74, 6) is -2.25. The highest BCUT2D eigenvalue weighted by atomic mass is 35.5. The largest absolute Gasteiger partial charge is 0.416 e. The Morgan fingerprint density at radius 1 is 0.951 bits per heavy atom. The molecule has 3 aromatic carbocycles. The monoisotopic (exact) mass is 613 g/mol. The maximum absolute atomic E-state index is 14.6. The highest BCUT2D eigenvalue weighted by molar-refractivity contribution is 7.92. The SMILES string of the molecule is CC(C)NC(=O)[C@H](C)N(Cc1ccccc1F)C(=O)CN(c1cc(C(F)(F)F)ccc1Cl)S(=O)(=O)c1ccccc1. The lowest BCUT2D eigenvalue weighted by Gasteiger charge is -2.32. The van der Waals surface area contributed by atoms with Gasteiger partial charge in [-0.3, -0.25) is 13.9 Å². The van der Waals surface area contributed by atoms with Gasteiger partial charge in [-0.25, -0.2) is 12.8 Å². The molecule has 1 atom stereocenters. The Kier molecular flexibility index (Phi) is 10.0. The number of hydrogen-bond donors (Lipinski definition) is 1. The van der Waals surface area contributed by atoms with Crippen molar-refractivity contribution in [2.75, 3.05) is 10.8 Å². The van der Waals surface area contributed by atoms with Crippen LogP contribution in [0, 0.1) is 5.82 Å². The molecule has 1 N–H and O–H groups in total. The Hall–Kier alpha value is -3.64. The van der Waals surface area contributed by atoms with Crippen LogP contribution in [0.3, 0.4) is 0 Å². The molecule has 0 spiro atoms. The van der Waals surface area contributed by atoms with Crippen molar-refractivity contribution in [1.82, 2.24) is 10.2 Å². The summed E-state index contributed by atoms with van der Waals surface area (Å²) >= 11 is 6.21. The quantitative estimate of drug-likeness (QED) is 0.300. The lowest BCUT2D eigenvalue weighted by Crippen LogP contribution is -2.52. The van der Waals surface area contributed by atoms with Crippen molar-refractivity contribution in [3.05, 3.63) is 94.8 Å². The first kappa shape index (κ1) is 31.9. The lowest BCUT2D eigenvalue weighted by atomic mass is 10.1. The van der Waals surface area contributed by atoms with Gasteiger partial charge >= 0.3 is 6.18 Å². The van der Waals surface area contributed by atoms with Crippen LogP contribution in [0.2, 0.25) is 5.02 Å². The molecule has 2 amide bonds. The number of rotatable bonds is 10. The van der Waals surface area contributed by atoms with E-state index >= 15 is 0 Å². The molecule has 3 aromatic rings. The average molecular weight is 614 g/mol. The first-order valence-corrected chi connectivity index (χ1v) is 14.2. The van der Waals surface area contributed by atoms with Crippen molar-refractivity contribution >= 4 is 39.1 Å². The molecule has 0 aliphatic heterocycles. The number of amides is 2. The fourth-order valence-corrected chi connectivity index (χ4v) is 5.63. The van der Waals surface area contributed by atoms with Crippen LogP contribution in [0.15, 0.2) is 77.7 Å². The van der Waals surface area contributed by atoms with E-state index < -0.39 is 64.2 Å². The van der Waals surface area contributed by atoms with Crippen LogP contribution in [0.5, 0.6) is 0 Å². The third-order valence-corrected chi connectivity index (χ3v) is 8.14. The minimum absolute atomic E-state index is 0.0413. The van der Waals surface area contributed by atoms with Gasteiger partial charge < -0.3 is 10.2 Å². The molecule has 13 heteroatoms. The molecule has 3 rings (SSSR count). The van der Waals surface area contributed by atoms with E-state index in [0.717, 1.165) is 17.0 Å². The number of halogens is 5. The van der Waals surface area contributed by atoms with Crippen LogP contribution in [0.25, 0.3) is 0 Å². The summed E-state index contributed by atoms with van der Waals surface area (Å²) in [6.07, 6.45) is -4.84. The minimum Gasteiger partial charge on any atom is -0.352 e. The third-order valence-electron chi connectivity index (χ3n) is 6.05. The Labute approximate surface area is 240 Å². The van der Waals surface area contributed by atoms with E-state index in [4.69, 9.17) is 11.6 Å². The van der Waals surface area contributed by atoms with E-state index in [-0.39, 0.29) is 21.5 Å². The second kappa shape index (κ2) is 12.9. The number of hydrogen-bond acceptors (Lipinski definition) is 4. The Balaban J connectivity index is 2.14. The first-order valence-electron chi connectivity index (χ1n) is 12.4. The first-order chi connectivity index (χ1) is 19.1. The van der Waals surface area contributed by atoms with Gasteiger partial charge in [-0.15, -0.1) is 0 Å². The van der Waals surface area contributed by atoms with E-state index in [1.165, 1.54) is 55.5 Å². The number of nitrogens with one attached hydrogen (secondary N) is 1. The van der Waals surface area contributed by atoms with Crippen LogP contribution < -0.4 is 9.62 Å². The fourth-order valence-electron chi connectivity index (χ4n) is 3.91. The van der Waals surface area contributed by atoms with Crippen LogP contribution in [0.4, 0.5) is 23.2 Å². The van der Waals surface area contributed by atoms with Gasteiger partial charge in [0.05, 0.1) is 21.2 Å². The number of anilines is 1. The molecular formula is C28H28ClF4N3O4S. The van der Waals surface area contributed by atoms with Crippen molar-refractivity contribution in [1.29, 1.82) is 0 Å². The molecule has 7 nitrogen and oxygen atoms in total. The average Bonchev–Trinajstić information content (AvgIpc) is 2.90. The number of benzene rings is 3. The molecule has 0 heterocycles. The highest BCUT2D eigenvalue weighted by Gasteiger charge is 2.36. The second-order valence-corrected chi connectivity index (χ2v) is 11.7. The topological polar surface area (TPSA) is 86.8 Å². The molecule has 0 radical (unpaired) electrons. The standard InChI is InChI=1S/C28H28ClF4N3O4S/c1-18(2)34-27(38)19(3)35(16-20-9-7-8-12-24(20)30)26(37)17-36(41(39,40)22-10-5-4-6-11-22)25-15-21(28(31,32)33)13-14-23(25)29/h4-15,18-19H,16-17H2,1-3H3,(H,34,38)/t19-/m0/s1. The molecule has 220 valence electrons. The van der Waals surface area contributed by atoms with Gasteiger partial charge in [-0.2, -0.15) is 13.2 Å². The summed E-state index contributed by atoms with van der Waals surface area (Å²) in [6, 6.07) is 12.9. The summed E-state index contributed by atoms with van der Waals surface area (Å²) in [4.78, 5) is 27.3. The van der Waals surface area contributed by atoms with Crippen molar-refractivity contribution in [2.24, 2.45) is 0 Å². The minimum atomic E-state index is -4.84. The van der Waals surface area contributed by atoms with E-state index in [0.29, 0.717) is 16.4 Å². The summed E-state index contributed by atoms with van der Waals surface area (Å²) < 4.78 is 83.3. The molecule has 0 aromatic heterocycles. The molecule has 0 unspecified atom stereocenters. The molecule has 41 heavy (non-hydrogen) atoms. The normalized spacial score (nSPS) is 12.6. The van der Waals surface area contributed by atoms with Gasteiger partial charge in [0.15, 0.2) is 0 Å². The van der Waals surface area contributed by atoms with Crippen LogP contribution in [0.1, 0.15) is 31.9 Å². The molecule has 0 saturated carbocycles. The molecule has 0 aliphatic carbocycles. The van der Waals surface area contributed by atoms with Gasteiger partial charge in [-0.05, 0) is 57.2 Å². The van der Waals surface area contributed by atoms with Crippen LogP contribution in [-0.2, 0) is 32.3 Å². The zero-order valence-electron chi connectivity index (χ0n) is 22.3. The number of carbonyl (C=O) groups is 2. The zero-order chi connectivity index (χ0) is 30.5. The van der Waals surface area contributed by atoms with Gasteiger partial charge in [0, 0.05) is 18.2 Å². The number of alkyl halides is 3. The van der Waals surface area contributed by atoms with E-state index in [1.807, 2.05) is 0 Å². The van der Waals surface area contributed by atoms with E-state index in [1.54, 1.807) is 13.8 Å². The van der Waals surface area contributed by atoms with Gasteiger partial charge in [0.2, 0.25) is 11.8 Å². The van der Waals surface area contributed by atoms with Gasteiger partial charge in [-0.1, -0.05) is 48.0 Å². The maximum Gasteiger partial charge on any atom is 0.416 e. The highest BCUT2D eigenvalue weighted by Crippen LogP contribution is 2.37. The number of nitrogens with zero attached hydrogens (tertiary/aromatic N) is 2. The summed E-state index contributed by atoms with van der Waals surface area (Å²) in [5, 5.41) is 2.28. The lowest BCUT2D eigenvalue weighted by molar-refractivity contribution is -0.139. The smallest absolute Gasteiger partial charge is 0.352 e. The van der Waals surface area contributed by atoms with Crippen molar-refractivity contribution in [3.63, 3.8) is 0 Å². The predicted octanol–water partition coefficient (Wildman–Crippen LogP) is 5.64. The van der Waals surface area contributed by atoms with Gasteiger partial charge in [0.25, 0.3) is 10.0 Å². The molecule has 0 aliphatic rings. The van der Waals surface area contributed by atoms with Crippen molar-refractivity contribution in [3.8, 4) is 0 Å². The fraction of sp³-hybridized carbons (Fsp3) is 0.286.